The maximum Gasteiger partial charge on any atom is 0.0809 e. The summed E-state index contributed by atoms with van der Waals surface area (Å²) in [5, 5.41) is 3.80. The lowest BCUT2D eigenvalue weighted by Crippen LogP contribution is -2.57. The van der Waals surface area contributed by atoms with Gasteiger partial charge in [-0.1, -0.05) is 39.5 Å². The molecule has 0 radical (unpaired) electrons. The van der Waals surface area contributed by atoms with Gasteiger partial charge in [-0.25, -0.2) is 0 Å². The van der Waals surface area contributed by atoms with E-state index in [1.54, 1.807) is 0 Å². The van der Waals surface area contributed by atoms with Crippen molar-refractivity contribution >= 4 is 0 Å². The normalized spacial score (nSPS) is 38.1. The summed E-state index contributed by atoms with van der Waals surface area (Å²) in [6.45, 7) is 9.00. The van der Waals surface area contributed by atoms with Crippen molar-refractivity contribution in [2.75, 3.05) is 13.2 Å². The van der Waals surface area contributed by atoms with Crippen LogP contribution in [0.15, 0.2) is 0 Å². The van der Waals surface area contributed by atoms with E-state index >= 15 is 0 Å². The van der Waals surface area contributed by atoms with E-state index in [-0.39, 0.29) is 5.60 Å². The maximum atomic E-state index is 6.26. The van der Waals surface area contributed by atoms with Crippen molar-refractivity contribution in [2.24, 2.45) is 11.8 Å². The van der Waals surface area contributed by atoms with Crippen molar-refractivity contribution in [2.45, 2.75) is 83.8 Å². The fraction of sp³-hybridized carbons (Fsp3) is 1.00. The Morgan fingerprint density at radius 1 is 1.16 bits per heavy atom. The van der Waals surface area contributed by atoms with Crippen LogP contribution >= 0.6 is 0 Å². The van der Waals surface area contributed by atoms with Gasteiger partial charge >= 0.3 is 0 Å². The van der Waals surface area contributed by atoms with Crippen molar-refractivity contribution in [3.05, 3.63) is 0 Å². The Morgan fingerprint density at radius 3 is 2.58 bits per heavy atom. The predicted molar refractivity (Wildman–Crippen MR) is 81.4 cm³/mol. The van der Waals surface area contributed by atoms with Gasteiger partial charge in [-0.3, -0.25) is 0 Å². The van der Waals surface area contributed by atoms with Crippen LogP contribution in [0.5, 0.6) is 0 Å². The summed E-state index contributed by atoms with van der Waals surface area (Å²) >= 11 is 0. The van der Waals surface area contributed by atoms with Crippen LogP contribution in [0.1, 0.15) is 72.1 Å². The summed E-state index contributed by atoms with van der Waals surface area (Å²) in [5.74, 6) is 1.72. The lowest BCUT2D eigenvalue weighted by molar-refractivity contribution is -0.109. The standard InChI is InChI=1S/C17H33NO/c1-4-14-10-6-7-11-15(14)16(18-5-2)17(3)12-8-9-13-19-17/h14-16,18H,4-13H2,1-3H3. The highest BCUT2D eigenvalue weighted by Gasteiger charge is 2.43. The van der Waals surface area contributed by atoms with Crippen LogP contribution in [0.2, 0.25) is 0 Å². The predicted octanol–water partition coefficient (Wildman–Crippen LogP) is 4.14. The molecule has 0 amide bonds. The third-order valence-corrected chi connectivity index (χ3v) is 5.50. The molecule has 1 aliphatic heterocycles. The smallest absolute Gasteiger partial charge is 0.0809 e. The highest BCUT2D eigenvalue weighted by Crippen LogP contribution is 2.41. The van der Waals surface area contributed by atoms with Crippen LogP contribution in [0.25, 0.3) is 0 Å². The SMILES string of the molecule is CCNC(C1CCCCC1CC)C1(C)CCCCO1. The fourth-order valence-electron chi connectivity index (χ4n) is 4.42. The van der Waals surface area contributed by atoms with Crippen LogP contribution in [0.4, 0.5) is 0 Å². The van der Waals surface area contributed by atoms with Gasteiger partial charge in [-0.15, -0.1) is 0 Å². The molecule has 2 heteroatoms. The zero-order valence-electron chi connectivity index (χ0n) is 13.2. The van der Waals surface area contributed by atoms with Gasteiger partial charge in [0.1, 0.15) is 0 Å². The minimum atomic E-state index is 0.0731. The van der Waals surface area contributed by atoms with Gasteiger partial charge in [0, 0.05) is 12.6 Å². The summed E-state index contributed by atoms with van der Waals surface area (Å²) in [6.07, 6.45) is 10.8. The molecule has 1 aliphatic carbocycles. The Labute approximate surface area is 119 Å². The van der Waals surface area contributed by atoms with E-state index in [4.69, 9.17) is 4.74 Å². The van der Waals surface area contributed by atoms with E-state index in [9.17, 15) is 0 Å². The molecule has 0 aromatic carbocycles. The topological polar surface area (TPSA) is 21.3 Å². The quantitative estimate of drug-likeness (QED) is 0.808. The van der Waals surface area contributed by atoms with E-state index in [0.29, 0.717) is 6.04 Å². The Morgan fingerprint density at radius 2 is 1.95 bits per heavy atom. The van der Waals surface area contributed by atoms with Crippen molar-refractivity contribution in [3.8, 4) is 0 Å². The number of nitrogens with one attached hydrogen (secondary N) is 1. The van der Waals surface area contributed by atoms with Crippen LogP contribution in [0.3, 0.4) is 0 Å². The highest BCUT2D eigenvalue weighted by atomic mass is 16.5. The van der Waals surface area contributed by atoms with Gasteiger partial charge in [-0.05, 0) is 51.0 Å². The molecule has 1 saturated heterocycles. The molecule has 1 N–H and O–H groups in total. The second-order valence-corrected chi connectivity index (χ2v) is 6.77. The molecule has 2 rings (SSSR count). The molecule has 4 atom stereocenters. The van der Waals surface area contributed by atoms with E-state index in [1.807, 2.05) is 0 Å². The lowest BCUT2D eigenvalue weighted by atomic mass is 9.68. The fourth-order valence-corrected chi connectivity index (χ4v) is 4.42. The number of hydrogen-bond acceptors (Lipinski definition) is 2. The van der Waals surface area contributed by atoms with E-state index in [0.717, 1.165) is 25.0 Å². The summed E-state index contributed by atoms with van der Waals surface area (Å²) in [7, 11) is 0. The first-order valence-corrected chi connectivity index (χ1v) is 8.58. The summed E-state index contributed by atoms with van der Waals surface area (Å²) < 4.78 is 6.26. The number of hydrogen-bond donors (Lipinski definition) is 1. The third kappa shape index (κ3) is 3.52. The van der Waals surface area contributed by atoms with Crippen molar-refractivity contribution in [1.82, 2.24) is 5.32 Å². The molecule has 2 fully saturated rings. The van der Waals surface area contributed by atoms with Gasteiger partial charge < -0.3 is 10.1 Å². The van der Waals surface area contributed by atoms with Crippen molar-refractivity contribution in [1.29, 1.82) is 0 Å². The van der Waals surface area contributed by atoms with Gasteiger partial charge in [0.15, 0.2) is 0 Å². The van der Waals surface area contributed by atoms with Crippen molar-refractivity contribution in [3.63, 3.8) is 0 Å². The second kappa shape index (κ2) is 7.08. The first-order valence-electron chi connectivity index (χ1n) is 8.58. The van der Waals surface area contributed by atoms with E-state index in [1.165, 1.54) is 51.4 Å². The highest BCUT2D eigenvalue weighted by molar-refractivity contribution is 4.98. The molecule has 19 heavy (non-hydrogen) atoms. The molecule has 0 spiro atoms. The minimum Gasteiger partial charge on any atom is -0.374 e. The van der Waals surface area contributed by atoms with Gasteiger partial charge in [0.05, 0.1) is 5.60 Å². The average Bonchev–Trinajstić information content (AvgIpc) is 2.45. The molecule has 2 nitrogen and oxygen atoms in total. The Hall–Kier alpha value is -0.0800. The molecule has 0 aromatic rings. The average molecular weight is 267 g/mol. The largest absolute Gasteiger partial charge is 0.374 e. The van der Waals surface area contributed by atoms with E-state index < -0.39 is 0 Å². The number of likely N-dealkylation sites (N-methyl/N-ethyl adjacent to an activating group) is 1. The monoisotopic (exact) mass is 267 g/mol. The maximum absolute atomic E-state index is 6.26. The van der Waals surface area contributed by atoms with Crippen LogP contribution in [0, 0.1) is 11.8 Å². The van der Waals surface area contributed by atoms with E-state index in [2.05, 4.69) is 26.1 Å². The first-order chi connectivity index (χ1) is 9.21. The molecule has 0 aromatic heterocycles. The number of rotatable bonds is 5. The molecule has 2 aliphatic rings. The Bertz CT molecular complexity index is 260. The minimum absolute atomic E-state index is 0.0731. The molecular weight excluding hydrogens is 234 g/mol. The Balaban J connectivity index is 2.12. The molecule has 1 heterocycles. The van der Waals surface area contributed by atoms with Gasteiger partial charge in [-0.2, -0.15) is 0 Å². The second-order valence-electron chi connectivity index (χ2n) is 6.77. The zero-order valence-corrected chi connectivity index (χ0v) is 13.2. The molecular formula is C17H33NO. The third-order valence-electron chi connectivity index (χ3n) is 5.50. The lowest BCUT2D eigenvalue weighted by Gasteiger charge is -2.48. The van der Waals surface area contributed by atoms with Crippen LogP contribution in [-0.4, -0.2) is 24.8 Å². The summed E-state index contributed by atoms with van der Waals surface area (Å²) in [4.78, 5) is 0. The van der Waals surface area contributed by atoms with Gasteiger partial charge in [0.2, 0.25) is 0 Å². The molecule has 0 bridgehead atoms. The molecule has 112 valence electrons. The van der Waals surface area contributed by atoms with Gasteiger partial charge in [0.25, 0.3) is 0 Å². The molecule has 4 unspecified atom stereocenters. The molecule has 1 saturated carbocycles. The Kier molecular flexibility index (Phi) is 5.70. The van der Waals surface area contributed by atoms with Crippen LogP contribution in [-0.2, 0) is 4.74 Å². The summed E-state index contributed by atoms with van der Waals surface area (Å²) in [5.41, 5.74) is 0.0731. The zero-order chi connectivity index (χ0) is 13.7. The first kappa shape index (κ1) is 15.3. The van der Waals surface area contributed by atoms with Crippen LogP contribution < -0.4 is 5.32 Å². The van der Waals surface area contributed by atoms with Crippen molar-refractivity contribution < 1.29 is 4.74 Å². The number of ether oxygens (including phenoxy) is 1. The summed E-state index contributed by atoms with van der Waals surface area (Å²) in [6, 6.07) is 0.558.